The van der Waals surface area contributed by atoms with Crippen LogP contribution in [0.2, 0.25) is 5.02 Å². The van der Waals surface area contributed by atoms with Crippen molar-refractivity contribution >= 4 is 29.1 Å². The normalized spacial score (nSPS) is 14.3. The number of allylic oxidation sites excluding steroid dienone is 1. The van der Waals surface area contributed by atoms with Gasteiger partial charge >= 0.3 is 0 Å². The first-order valence-corrected chi connectivity index (χ1v) is 12.3. The van der Waals surface area contributed by atoms with E-state index in [0.29, 0.717) is 45.2 Å². The van der Waals surface area contributed by atoms with E-state index in [-0.39, 0.29) is 18.1 Å². The number of fused-ring (bicyclic) bond motifs is 1. The van der Waals surface area contributed by atoms with Gasteiger partial charge in [0.05, 0.1) is 30.5 Å². The second-order valence-corrected chi connectivity index (χ2v) is 9.08. The second kappa shape index (κ2) is 11.0. The highest BCUT2D eigenvalue weighted by Gasteiger charge is 2.33. The van der Waals surface area contributed by atoms with Gasteiger partial charge in [-0.1, -0.05) is 29.8 Å². The lowest BCUT2D eigenvalue weighted by atomic mass is 9.95. The van der Waals surface area contributed by atoms with Gasteiger partial charge in [0.1, 0.15) is 42.0 Å². The van der Waals surface area contributed by atoms with Gasteiger partial charge in [-0.25, -0.2) is 9.07 Å². The fourth-order valence-electron chi connectivity index (χ4n) is 4.37. The number of hydrogen-bond acceptors (Lipinski definition) is 7. The summed E-state index contributed by atoms with van der Waals surface area (Å²) in [5.41, 5.74) is 2.56. The van der Waals surface area contributed by atoms with Gasteiger partial charge < -0.3 is 24.8 Å². The van der Waals surface area contributed by atoms with Crippen LogP contribution in [-0.2, 0) is 11.4 Å². The first-order chi connectivity index (χ1) is 18.9. The van der Waals surface area contributed by atoms with Gasteiger partial charge in [-0.2, -0.15) is 10.1 Å². The topological polar surface area (TPSA) is 99.5 Å². The van der Waals surface area contributed by atoms with E-state index >= 15 is 0 Å². The van der Waals surface area contributed by atoms with Gasteiger partial charge in [-0.05, 0) is 48.9 Å². The van der Waals surface area contributed by atoms with Crippen molar-refractivity contribution in [3.05, 3.63) is 100 Å². The molecular weight excluding hydrogens is 525 g/mol. The van der Waals surface area contributed by atoms with Crippen LogP contribution in [0, 0.1) is 5.82 Å². The molecule has 1 aromatic heterocycles. The van der Waals surface area contributed by atoms with Gasteiger partial charge in [0, 0.05) is 17.3 Å². The minimum atomic E-state index is -0.588. The minimum Gasteiger partial charge on any atom is -0.497 e. The molecule has 3 aromatic carbocycles. The van der Waals surface area contributed by atoms with Crippen LogP contribution < -0.4 is 24.8 Å². The Balaban J connectivity index is 1.43. The van der Waals surface area contributed by atoms with Gasteiger partial charge in [0.25, 0.3) is 5.91 Å². The maximum atomic E-state index is 14.1. The third kappa shape index (κ3) is 5.23. The van der Waals surface area contributed by atoms with Crippen molar-refractivity contribution in [2.45, 2.75) is 19.6 Å². The van der Waals surface area contributed by atoms with E-state index in [1.807, 2.05) is 12.1 Å². The zero-order chi connectivity index (χ0) is 27.5. The van der Waals surface area contributed by atoms with Gasteiger partial charge in [-0.3, -0.25) is 4.79 Å². The highest BCUT2D eigenvalue weighted by molar-refractivity contribution is 6.31. The molecule has 11 heteroatoms. The summed E-state index contributed by atoms with van der Waals surface area (Å²) in [5, 5.41) is 10.8. The highest BCUT2D eigenvalue weighted by atomic mass is 35.5. The molecule has 1 aliphatic heterocycles. The van der Waals surface area contributed by atoms with Crippen molar-refractivity contribution in [1.82, 2.24) is 14.8 Å². The largest absolute Gasteiger partial charge is 0.497 e. The summed E-state index contributed by atoms with van der Waals surface area (Å²) in [5.74, 6) is 1.28. The molecule has 39 heavy (non-hydrogen) atoms. The number of nitrogens with zero attached hydrogens (tertiary/aromatic N) is 3. The van der Waals surface area contributed by atoms with E-state index in [4.69, 9.17) is 25.8 Å². The molecule has 0 saturated carbocycles. The summed E-state index contributed by atoms with van der Waals surface area (Å²) in [6, 6.07) is 16.2. The lowest BCUT2D eigenvalue weighted by Crippen LogP contribution is -2.31. The number of hydrogen-bond donors (Lipinski definition) is 2. The Bertz CT molecular complexity index is 1530. The number of halogens is 2. The van der Waals surface area contributed by atoms with E-state index in [0.717, 1.165) is 5.56 Å². The second-order valence-electron chi connectivity index (χ2n) is 8.67. The Kier molecular flexibility index (Phi) is 7.38. The first kappa shape index (κ1) is 26.1. The lowest BCUT2D eigenvalue weighted by molar-refractivity contribution is -0.113. The summed E-state index contributed by atoms with van der Waals surface area (Å²) in [6.07, 6.45) is 1.42. The van der Waals surface area contributed by atoms with Crippen LogP contribution in [0.15, 0.2) is 78.3 Å². The highest BCUT2D eigenvalue weighted by Crippen LogP contribution is 2.37. The van der Waals surface area contributed by atoms with Crippen LogP contribution in [0.4, 0.5) is 16.0 Å². The quantitative estimate of drug-likeness (QED) is 0.295. The molecule has 4 aromatic rings. The Hall–Kier alpha value is -4.57. The number of carbonyl (C=O) groups excluding carboxylic acids is 1. The van der Waals surface area contributed by atoms with Crippen molar-refractivity contribution in [2.75, 3.05) is 24.9 Å². The summed E-state index contributed by atoms with van der Waals surface area (Å²) in [4.78, 5) is 18.0. The molecule has 9 nitrogen and oxygen atoms in total. The minimum absolute atomic E-state index is 0.0273. The van der Waals surface area contributed by atoms with Crippen LogP contribution in [0.25, 0.3) is 0 Å². The third-order valence-electron chi connectivity index (χ3n) is 6.33. The average Bonchev–Trinajstić information content (AvgIpc) is 3.40. The molecule has 0 unspecified atom stereocenters. The molecule has 1 atom stereocenters. The van der Waals surface area contributed by atoms with Crippen molar-refractivity contribution in [1.29, 1.82) is 0 Å². The molecule has 1 aliphatic rings. The summed E-state index contributed by atoms with van der Waals surface area (Å²) in [7, 11) is 3.07. The molecule has 0 fully saturated rings. The van der Waals surface area contributed by atoms with E-state index < -0.39 is 11.9 Å². The molecule has 2 heterocycles. The fourth-order valence-corrected chi connectivity index (χ4v) is 4.58. The molecule has 2 N–H and O–H groups in total. The monoisotopic (exact) mass is 549 g/mol. The molecule has 5 rings (SSSR count). The number of rotatable bonds is 8. The molecule has 0 radical (unpaired) electrons. The van der Waals surface area contributed by atoms with Crippen LogP contribution in [0.3, 0.4) is 0 Å². The number of amides is 1. The fraction of sp³-hybridized carbons (Fsp3) is 0.179. The third-order valence-corrected chi connectivity index (χ3v) is 6.69. The molecule has 0 spiro atoms. The Labute approximate surface area is 229 Å². The predicted molar refractivity (Wildman–Crippen MR) is 145 cm³/mol. The van der Waals surface area contributed by atoms with E-state index in [1.165, 1.54) is 19.5 Å². The Morgan fingerprint density at radius 2 is 1.87 bits per heavy atom. The number of aromatic nitrogens is 3. The van der Waals surface area contributed by atoms with Crippen LogP contribution in [-0.4, -0.2) is 34.9 Å². The zero-order valence-electron chi connectivity index (χ0n) is 21.4. The molecule has 0 aliphatic carbocycles. The zero-order valence-corrected chi connectivity index (χ0v) is 22.1. The number of anilines is 2. The number of methoxy groups -OCH3 is 2. The Morgan fingerprint density at radius 3 is 2.59 bits per heavy atom. The number of carbonyl (C=O) groups is 1. The smallest absolute Gasteiger partial charge is 0.255 e. The summed E-state index contributed by atoms with van der Waals surface area (Å²) < 4.78 is 32.3. The van der Waals surface area contributed by atoms with Crippen LogP contribution in [0.1, 0.15) is 24.1 Å². The molecule has 200 valence electrons. The standard InChI is InChI=1S/C28H25ClFN5O4/c1-16-25(27(36)34-23-13-19(37-2)11-12-24(23)38-3)26(35-28(33-16)31-15-32-35)17-7-9-18(10-8-17)39-14-20-21(29)5-4-6-22(20)30/h4-13,15,26H,14H2,1-3H3,(H,34,36)(H,31,32,33)/t26-/m0/s1. The molecule has 0 bridgehead atoms. The maximum absolute atomic E-state index is 14.1. The van der Waals surface area contributed by atoms with Crippen LogP contribution >= 0.6 is 11.6 Å². The molecular formula is C28H25ClFN5O4. The number of benzene rings is 3. The summed E-state index contributed by atoms with van der Waals surface area (Å²) >= 11 is 6.11. The predicted octanol–water partition coefficient (Wildman–Crippen LogP) is 5.59. The summed E-state index contributed by atoms with van der Waals surface area (Å²) in [6.45, 7) is 1.78. The average molecular weight is 550 g/mol. The van der Waals surface area contributed by atoms with Gasteiger partial charge in [0.2, 0.25) is 5.95 Å². The maximum Gasteiger partial charge on any atom is 0.255 e. The van der Waals surface area contributed by atoms with Crippen molar-refractivity contribution < 1.29 is 23.4 Å². The van der Waals surface area contributed by atoms with Crippen molar-refractivity contribution in [3.8, 4) is 17.2 Å². The molecule has 1 amide bonds. The lowest BCUT2D eigenvalue weighted by Gasteiger charge is -2.29. The SMILES string of the molecule is COc1ccc(OC)c(NC(=O)C2=C(C)Nc3ncnn3[C@H]2c2ccc(OCc3c(F)cccc3Cl)cc2)c1. The van der Waals surface area contributed by atoms with Crippen molar-refractivity contribution in [3.63, 3.8) is 0 Å². The van der Waals surface area contributed by atoms with Gasteiger partial charge in [0.15, 0.2) is 0 Å². The molecule has 0 saturated heterocycles. The first-order valence-electron chi connectivity index (χ1n) is 12.0. The van der Waals surface area contributed by atoms with Crippen molar-refractivity contribution in [2.24, 2.45) is 0 Å². The Morgan fingerprint density at radius 1 is 1.10 bits per heavy atom. The van der Waals surface area contributed by atoms with E-state index in [9.17, 15) is 9.18 Å². The van der Waals surface area contributed by atoms with E-state index in [1.54, 1.807) is 61.2 Å². The van der Waals surface area contributed by atoms with Gasteiger partial charge in [-0.15, -0.1) is 0 Å². The number of ether oxygens (including phenoxy) is 3. The van der Waals surface area contributed by atoms with Crippen LogP contribution in [0.5, 0.6) is 17.2 Å². The van der Waals surface area contributed by atoms with E-state index in [2.05, 4.69) is 20.7 Å². The number of nitrogens with one attached hydrogen (secondary N) is 2.